The number of aromatic hydroxyl groups is 1. The standard InChI is InChI=1S/C18H22N2O4S/c1-11(2)20(12(3)4)16(22)10-19-17(23)15(25-18(19)24)9-13-5-7-14(21)8-6-13/h5-9,11-12,21H,10H2,1-4H3/b15-9-. The van der Waals surface area contributed by atoms with Crippen LogP contribution in [-0.2, 0) is 9.59 Å². The molecule has 1 saturated heterocycles. The van der Waals surface area contributed by atoms with Gasteiger partial charge < -0.3 is 10.0 Å². The molecule has 0 atom stereocenters. The van der Waals surface area contributed by atoms with Gasteiger partial charge in [0, 0.05) is 12.1 Å². The highest BCUT2D eigenvalue weighted by Crippen LogP contribution is 2.32. The second-order valence-corrected chi connectivity index (χ2v) is 7.34. The predicted octanol–water partition coefficient (Wildman–Crippen LogP) is 3.07. The van der Waals surface area contributed by atoms with Crippen molar-refractivity contribution < 1.29 is 19.5 Å². The number of nitrogens with zero attached hydrogens (tertiary/aromatic N) is 2. The Hall–Kier alpha value is -2.28. The number of amides is 3. The Kier molecular flexibility index (Phi) is 5.89. The Balaban J connectivity index is 2.15. The van der Waals surface area contributed by atoms with Crippen LogP contribution >= 0.6 is 11.8 Å². The number of phenolic OH excluding ortho intramolecular Hbond substituents is 1. The molecule has 7 heteroatoms. The first-order valence-corrected chi connectivity index (χ1v) is 8.88. The number of thioether (sulfide) groups is 1. The van der Waals surface area contributed by atoms with Crippen LogP contribution < -0.4 is 0 Å². The lowest BCUT2D eigenvalue weighted by atomic mass is 10.2. The van der Waals surface area contributed by atoms with Crippen LogP contribution in [0.3, 0.4) is 0 Å². The van der Waals surface area contributed by atoms with Crippen LogP contribution in [0, 0.1) is 0 Å². The Bertz CT molecular complexity index is 702. The van der Waals surface area contributed by atoms with Crippen LogP contribution in [0.15, 0.2) is 29.2 Å². The zero-order valence-electron chi connectivity index (χ0n) is 14.7. The molecule has 1 fully saturated rings. The van der Waals surface area contributed by atoms with Gasteiger partial charge in [-0.15, -0.1) is 0 Å². The van der Waals surface area contributed by atoms with Crippen molar-refractivity contribution in [2.45, 2.75) is 39.8 Å². The number of hydrogen-bond acceptors (Lipinski definition) is 5. The summed E-state index contributed by atoms with van der Waals surface area (Å²) >= 11 is 0.817. The van der Waals surface area contributed by atoms with E-state index >= 15 is 0 Å². The lowest BCUT2D eigenvalue weighted by molar-refractivity contribution is -0.138. The Morgan fingerprint density at radius 2 is 1.72 bits per heavy atom. The second-order valence-electron chi connectivity index (χ2n) is 6.35. The molecule has 0 unspecified atom stereocenters. The Labute approximate surface area is 151 Å². The van der Waals surface area contributed by atoms with Gasteiger partial charge in [-0.05, 0) is 63.2 Å². The summed E-state index contributed by atoms with van der Waals surface area (Å²) in [5.41, 5.74) is 0.695. The first-order chi connectivity index (χ1) is 11.7. The molecule has 1 N–H and O–H groups in total. The van der Waals surface area contributed by atoms with Gasteiger partial charge >= 0.3 is 0 Å². The molecule has 0 aliphatic carbocycles. The van der Waals surface area contributed by atoms with Crippen molar-refractivity contribution in [3.8, 4) is 5.75 Å². The van der Waals surface area contributed by atoms with Crippen LogP contribution in [0.5, 0.6) is 5.75 Å². The molecule has 25 heavy (non-hydrogen) atoms. The number of benzene rings is 1. The average molecular weight is 362 g/mol. The number of imide groups is 1. The van der Waals surface area contributed by atoms with Crippen LogP contribution in [0.25, 0.3) is 6.08 Å². The van der Waals surface area contributed by atoms with E-state index in [9.17, 15) is 19.5 Å². The molecule has 6 nitrogen and oxygen atoms in total. The maximum absolute atomic E-state index is 12.5. The molecule has 0 radical (unpaired) electrons. The third-order valence-corrected chi connectivity index (χ3v) is 4.67. The zero-order valence-corrected chi connectivity index (χ0v) is 15.5. The zero-order chi connectivity index (χ0) is 18.7. The molecular weight excluding hydrogens is 340 g/mol. The molecule has 134 valence electrons. The first-order valence-electron chi connectivity index (χ1n) is 8.06. The van der Waals surface area contributed by atoms with Gasteiger partial charge in [-0.1, -0.05) is 12.1 Å². The van der Waals surface area contributed by atoms with Crippen molar-refractivity contribution in [2.75, 3.05) is 6.54 Å². The molecule has 1 aromatic carbocycles. The minimum atomic E-state index is -0.469. The van der Waals surface area contributed by atoms with Crippen LogP contribution in [0.4, 0.5) is 4.79 Å². The van der Waals surface area contributed by atoms with E-state index in [4.69, 9.17) is 0 Å². The van der Waals surface area contributed by atoms with Gasteiger partial charge in [-0.3, -0.25) is 19.3 Å². The molecule has 2 rings (SSSR count). The number of phenols is 1. The van der Waals surface area contributed by atoms with Gasteiger partial charge in [-0.25, -0.2) is 0 Å². The smallest absolute Gasteiger partial charge is 0.294 e. The molecule has 0 bridgehead atoms. The second kappa shape index (κ2) is 7.74. The first kappa shape index (κ1) is 19.1. The number of carbonyl (C=O) groups excluding carboxylic acids is 3. The van der Waals surface area contributed by atoms with E-state index in [0.29, 0.717) is 5.56 Å². The molecule has 1 aliphatic heterocycles. The summed E-state index contributed by atoms with van der Waals surface area (Å²) in [6, 6.07) is 6.27. The van der Waals surface area contributed by atoms with Gasteiger partial charge in [0.25, 0.3) is 11.1 Å². The molecule has 3 amide bonds. The van der Waals surface area contributed by atoms with Crippen molar-refractivity contribution in [1.82, 2.24) is 9.80 Å². The third kappa shape index (κ3) is 4.42. The lowest BCUT2D eigenvalue weighted by Gasteiger charge is -2.31. The molecule has 0 aromatic heterocycles. The summed E-state index contributed by atoms with van der Waals surface area (Å²) in [5.74, 6) is -0.597. The van der Waals surface area contributed by atoms with E-state index in [2.05, 4.69) is 0 Å². The highest BCUT2D eigenvalue weighted by Gasteiger charge is 2.37. The van der Waals surface area contributed by atoms with Crippen molar-refractivity contribution in [3.63, 3.8) is 0 Å². The molecular formula is C18H22N2O4S. The van der Waals surface area contributed by atoms with E-state index < -0.39 is 11.1 Å². The summed E-state index contributed by atoms with van der Waals surface area (Å²) in [6.45, 7) is 7.34. The van der Waals surface area contributed by atoms with Gasteiger partial charge in [-0.2, -0.15) is 0 Å². The normalized spacial score (nSPS) is 16.4. The summed E-state index contributed by atoms with van der Waals surface area (Å²) < 4.78 is 0. The quantitative estimate of drug-likeness (QED) is 0.815. The predicted molar refractivity (Wildman–Crippen MR) is 97.9 cm³/mol. The fourth-order valence-electron chi connectivity index (χ4n) is 2.75. The van der Waals surface area contributed by atoms with E-state index in [1.807, 2.05) is 27.7 Å². The largest absolute Gasteiger partial charge is 0.508 e. The van der Waals surface area contributed by atoms with Gasteiger partial charge in [0.1, 0.15) is 12.3 Å². The maximum atomic E-state index is 12.5. The molecule has 1 aliphatic rings. The van der Waals surface area contributed by atoms with Crippen LogP contribution in [0.2, 0.25) is 0 Å². The lowest BCUT2D eigenvalue weighted by Crippen LogP contribution is -2.48. The molecule has 0 saturated carbocycles. The Morgan fingerprint density at radius 3 is 2.24 bits per heavy atom. The third-order valence-electron chi connectivity index (χ3n) is 3.76. The van der Waals surface area contributed by atoms with Crippen molar-refractivity contribution >= 4 is 34.9 Å². The number of rotatable bonds is 5. The minimum Gasteiger partial charge on any atom is -0.508 e. The minimum absolute atomic E-state index is 0.0139. The van der Waals surface area contributed by atoms with Crippen LogP contribution in [-0.4, -0.2) is 50.6 Å². The van der Waals surface area contributed by atoms with E-state index in [0.717, 1.165) is 16.7 Å². The van der Waals surface area contributed by atoms with E-state index in [1.165, 1.54) is 12.1 Å². The molecule has 0 spiro atoms. The van der Waals surface area contributed by atoms with Crippen molar-refractivity contribution in [1.29, 1.82) is 0 Å². The number of carbonyl (C=O) groups is 3. The SMILES string of the molecule is CC(C)N(C(=O)CN1C(=O)S/C(=C\c2ccc(O)cc2)C1=O)C(C)C. The monoisotopic (exact) mass is 362 g/mol. The summed E-state index contributed by atoms with van der Waals surface area (Å²) in [4.78, 5) is 40.0. The van der Waals surface area contributed by atoms with Gasteiger partial charge in [0.2, 0.25) is 5.91 Å². The molecule has 1 aromatic rings. The molecule has 1 heterocycles. The highest BCUT2D eigenvalue weighted by atomic mass is 32.2. The maximum Gasteiger partial charge on any atom is 0.294 e. The van der Waals surface area contributed by atoms with Crippen molar-refractivity contribution in [2.24, 2.45) is 0 Å². The highest BCUT2D eigenvalue weighted by molar-refractivity contribution is 8.18. The van der Waals surface area contributed by atoms with Crippen LogP contribution in [0.1, 0.15) is 33.3 Å². The fourth-order valence-corrected chi connectivity index (χ4v) is 3.59. The Morgan fingerprint density at radius 1 is 1.16 bits per heavy atom. The topological polar surface area (TPSA) is 77.9 Å². The van der Waals surface area contributed by atoms with E-state index in [1.54, 1.807) is 23.1 Å². The van der Waals surface area contributed by atoms with Gasteiger partial charge in [0.05, 0.1) is 4.91 Å². The summed E-state index contributed by atoms with van der Waals surface area (Å²) in [6.07, 6.45) is 1.58. The summed E-state index contributed by atoms with van der Waals surface area (Å²) in [5, 5.41) is 8.85. The van der Waals surface area contributed by atoms with Gasteiger partial charge in [0.15, 0.2) is 0 Å². The fraction of sp³-hybridized carbons (Fsp3) is 0.389. The van der Waals surface area contributed by atoms with E-state index in [-0.39, 0.29) is 35.2 Å². The number of hydrogen-bond donors (Lipinski definition) is 1. The average Bonchev–Trinajstić information content (AvgIpc) is 2.76. The summed E-state index contributed by atoms with van der Waals surface area (Å²) in [7, 11) is 0. The van der Waals surface area contributed by atoms with Crippen molar-refractivity contribution in [3.05, 3.63) is 34.7 Å².